The van der Waals surface area contributed by atoms with Crippen LogP contribution in [-0.4, -0.2) is 138 Å². The highest BCUT2D eigenvalue weighted by Crippen LogP contribution is 2.20. The largest absolute Gasteiger partial charge is 0.390 e. The van der Waals surface area contributed by atoms with Crippen molar-refractivity contribution in [2.24, 2.45) is 38.7 Å². The Hall–Kier alpha value is -8.72. The Labute approximate surface area is 435 Å². The molecule has 1 saturated heterocycles. The molecule has 0 saturated carbocycles. The lowest BCUT2D eigenvalue weighted by molar-refractivity contribution is -0.136. The first-order valence-electron chi connectivity index (χ1n) is 24.3. The molecule has 7 atom stereocenters. The van der Waals surface area contributed by atoms with Crippen molar-refractivity contribution >= 4 is 82.3 Å². The van der Waals surface area contributed by atoms with Crippen LogP contribution in [0.25, 0.3) is 10.9 Å². The average molecular weight is 1070 g/mol. The second-order valence-electron chi connectivity index (χ2n) is 17.9. The number of benzene rings is 2. The van der Waals surface area contributed by atoms with Crippen LogP contribution in [0, 0.1) is 11.6 Å². The van der Waals surface area contributed by atoms with Crippen molar-refractivity contribution in [3.05, 3.63) is 71.4 Å². The summed E-state index contributed by atoms with van der Waals surface area (Å²) < 4.78 is 29.2. The number of hydrogen-bond acceptors (Lipinski definition) is 12. The molecule has 3 aromatic rings. The molecule has 1 fully saturated rings. The van der Waals surface area contributed by atoms with Crippen LogP contribution >= 0.6 is 0 Å². The maximum atomic E-state index is 14.6. The maximum absolute atomic E-state index is 14.6. The number of amides is 10. The van der Waals surface area contributed by atoms with E-state index in [1.54, 1.807) is 30.5 Å². The minimum Gasteiger partial charge on any atom is -0.390 e. The van der Waals surface area contributed by atoms with Gasteiger partial charge >= 0.3 is 0 Å². The third kappa shape index (κ3) is 19.9. The molecule has 1 aromatic heterocycles. The Balaban J connectivity index is 1.81. The van der Waals surface area contributed by atoms with Crippen molar-refractivity contribution in [3.63, 3.8) is 0 Å². The number of nitrogens with one attached hydrogen (secondary N) is 9. The van der Waals surface area contributed by atoms with E-state index in [2.05, 4.69) is 57.5 Å². The zero-order chi connectivity index (χ0) is 55.9. The monoisotopic (exact) mass is 1060 g/mol. The summed E-state index contributed by atoms with van der Waals surface area (Å²) in [7, 11) is 0. The van der Waals surface area contributed by atoms with E-state index < -0.39 is 126 Å². The number of halogens is 2. The van der Waals surface area contributed by atoms with Gasteiger partial charge in [-0.25, -0.2) is 8.78 Å². The number of hydrogen-bond donors (Lipinski definition) is 14. The van der Waals surface area contributed by atoms with Gasteiger partial charge in [-0.3, -0.25) is 57.9 Å². The number of carbonyl (C=O) groups excluding carboxylic acids is 10. The molecule has 1 aliphatic rings. The lowest BCUT2D eigenvalue weighted by Gasteiger charge is -2.28. The maximum Gasteiger partial charge on any atom is 0.243 e. The van der Waals surface area contributed by atoms with Gasteiger partial charge in [0, 0.05) is 69.0 Å². The Morgan fingerprint density at radius 1 is 0.776 bits per heavy atom. The highest BCUT2D eigenvalue weighted by atomic mass is 19.1. The zero-order valence-electron chi connectivity index (χ0n) is 41.8. The lowest BCUT2D eigenvalue weighted by Crippen LogP contribution is -2.60. The van der Waals surface area contributed by atoms with Crippen LogP contribution in [0.15, 0.2) is 58.6 Å². The van der Waals surface area contributed by atoms with Gasteiger partial charge in [-0.2, -0.15) is 0 Å². The van der Waals surface area contributed by atoms with Crippen LogP contribution in [0.5, 0.6) is 0 Å². The number of fused-ring (bicyclic) bond motifs is 1. The number of primary amides is 2. The number of guanidine groups is 1. The van der Waals surface area contributed by atoms with Crippen LogP contribution in [-0.2, 0) is 60.8 Å². The fourth-order valence-corrected chi connectivity index (χ4v) is 8.15. The zero-order valence-corrected chi connectivity index (χ0v) is 41.8. The summed E-state index contributed by atoms with van der Waals surface area (Å²) in [5.74, 6) is -11.9. The van der Waals surface area contributed by atoms with E-state index in [0.717, 1.165) is 25.4 Å². The SMILES string of the molecule is CC(=O)N[C@@H](CCCN=CN)C(=O)N[C@H]1CCCNC(=O)CC[C@@H](C(N)=O)NC(=O)[C@H](Cc2c[nH]c3ccccc23)NC(=O)[C@H](CCCN=C(N)N)NC(=O)[C@@H](Cc2cc(F)cc(F)c2)NC(=O)[C@H](CC(N)=O)NC1=O. The molecule has 1 aliphatic heterocycles. The molecule has 0 radical (unpaired) electrons. The summed E-state index contributed by atoms with van der Waals surface area (Å²) >= 11 is 0. The van der Waals surface area contributed by atoms with Gasteiger partial charge in [-0.05, 0) is 74.3 Å². The number of aromatic amines is 1. The van der Waals surface area contributed by atoms with Crippen LogP contribution in [0.1, 0.15) is 75.8 Å². The summed E-state index contributed by atoms with van der Waals surface area (Å²) in [5, 5.41) is 20.8. The molecule has 412 valence electrons. The first kappa shape index (κ1) is 59.8. The van der Waals surface area contributed by atoms with Gasteiger partial charge in [0.25, 0.3) is 0 Å². The molecule has 0 bridgehead atoms. The molecule has 76 heavy (non-hydrogen) atoms. The fourth-order valence-electron chi connectivity index (χ4n) is 8.15. The minimum absolute atomic E-state index is 0.0202. The van der Waals surface area contributed by atoms with Crippen molar-refractivity contribution in [2.45, 2.75) is 120 Å². The number of aliphatic imine (C=N–C) groups is 2. The van der Waals surface area contributed by atoms with Crippen molar-refractivity contribution in [1.82, 2.24) is 47.5 Å². The first-order chi connectivity index (χ1) is 36.1. The number of nitrogens with two attached hydrogens (primary N) is 5. The normalized spacial score (nSPS) is 21.1. The second-order valence-corrected chi connectivity index (χ2v) is 17.9. The average Bonchev–Trinajstić information content (AvgIpc) is 3.76. The van der Waals surface area contributed by atoms with Crippen LogP contribution in [0.4, 0.5) is 8.78 Å². The molecular formula is C48H66F2N16O10. The summed E-state index contributed by atoms with van der Waals surface area (Å²) in [4.78, 5) is 147. The van der Waals surface area contributed by atoms with Gasteiger partial charge < -0.3 is 76.2 Å². The van der Waals surface area contributed by atoms with E-state index in [9.17, 15) is 56.7 Å². The predicted octanol–water partition coefficient (Wildman–Crippen LogP) is -3.48. The van der Waals surface area contributed by atoms with E-state index in [4.69, 9.17) is 28.7 Å². The van der Waals surface area contributed by atoms with E-state index >= 15 is 0 Å². The topological polar surface area (TPSA) is 438 Å². The molecule has 26 nitrogen and oxygen atoms in total. The summed E-state index contributed by atoms with van der Waals surface area (Å²) in [6, 6.07) is -1.62. The molecule has 28 heteroatoms. The molecule has 10 amide bonds. The van der Waals surface area contributed by atoms with Gasteiger partial charge in [0.2, 0.25) is 59.1 Å². The lowest BCUT2D eigenvalue weighted by atomic mass is 10.0. The van der Waals surface area contributed by atoms with E-state index in [-0.39, 0.29) is 88.9 Å². The van der Waals surface area contributed by atoms with E-state index in [0.29, 0.717) is 22.5 Å². The van der Waals surface area contributed by atoms with Gasteiger partial charge in [-0.1, -0.05) is 18.2 Å². The molecule has 0 unspecified atom stereocenters. The summed E-state index contributed by atoms with van der Waals surface area (Å²) in [6.45, 7) is 1.15. The van der Waals surface area contributed by atoms with Crippen molar-refractivity contribution in [3.8, 4) is 0 Å². The minimum atomic E-state index is -1.88. The van der Waals surface area contributed by atoms with Crippen molar-refractivity contribution < 1.29 is 56.7 Å². The van der Waals surface area contributed by atoms with Crippen LogP contribution < -0.4 is 71.2 Å². The highest BCUT2D eigenvalue weighted by molar-refractivity contribution is 5.99. The fraction of sp³-hybridized carbons (Fsp3) is 0.458. The van der Waals surface area contributed by atoms with Gasteiger partial charge in [0.15, 0.2) is 5.96 Å². The van der Waals surface area contributed by atoms with Crippen molar-refractivity contribution in [1.29, 1.82) is 0 Å². The Morgan fingerprint density at radius 2 is 1.41 bits per heavy atom. The number of carbonyl (C=O) groups is 10. The highest BCUT2D eigenvalue weighted by Gasteiger charge is 2.35. The molecule has 0 spiro atoms. The molecule has 4 rings (SSSR count). The number of aromatic nitrogens is 1. The number of para-hydroxylation sites is 1. The molecule has 0 aliphatic carbocycles. The standard InChI is InChI=1S/C48H66F2N16O10/c1-25(67)60-33(9-4-14-56-24-51)42(71)62-34-10-5-15-57-40(69)13-12-32(41(53)70)61-46(75)37(20-27-23-59-31-8-3-2-7-30(27)31)65-43(72)35(11-6-16-58-48(54)55)63-45(74)36(19-26-17-28(49)21-29(50)18-26)64-47(76)38(22-39(52)68)66-44(34)73/h2-3,7-8,17-18,21,23-24,32-38,59H,4-6,9-16,19-20,22H2,1H3,(H2,51,56)(H2,52,68)(H2,53,70)(H,57,69)(H,60,67)(H,61,75)(H,62,71)(H,63,74)(H,64,76)(H,65,72)(H,66,73)(H4,54,55,58)/t32-,33-,34-,35-,36+,37-,38-/m0/s1. The van der Waals surface area contributed by atoms with Crippen LogP contribution in [0.2, 0.25) is 0 Å². The number of H-pyrrole nitrogens is 1. The van der Waals surface area contributed by atoms with Crippen LogP contribution in [0.3, 0.4) is 0 Å². The molecule has 2 aromatic carbocycles. The van der Waals surface area contributed by atoms with Gasteiger partial charge in [-0.15, -0.1) is 0 Å². The first-order valence-corrected chi connectivity index (χ1v) is 24.3. The summed E-state index contributed by atoms with van der Waals surface area (Å²) in [5.41, 5.74) is 28.6. The van der Waals surface area contributed by atoms with Crippen molar-refractivity contribution in [2.75, 3.05) is 19.6 Å². The summed E-state index contributed by atoms with van der Waals surface area (Å²) in [6.07, 6.45) is 0.0597. The smallest absolute Gasteiger partial charge is 0.243 e. The van der Waals surface area contributed by atoms with Gasteiger partial charge in [0.05, 0.1) is 12.8 Å². The third-order valence-corrected chi connectivity index (χ3v) is 11.9. The quantitative estimate of drug-likeness (QED) is 0.0335. The number of nitrogens with zero attached hydrogens (tertiary/aromatic N) is 2. The molecular weight excluding hydrogens is 999 g/mol. The Morgan fingerprint density at radius 3 is 2.07 bits per heavy atom. The molecule has 19 N–H and O–H groups in total. The third-order valence-electron chi connectivity index (χ3n) is 11.9. The van der Waals surface area contributed by atoms with E-state index in [1.807, 2.05) is 0 Å². The molecule has 2 heterocycles. The number of rotatable bonds is 18. The Kier molecular flexibility index (Phi) is 23.5. The second kappa shape index (κ2) is 29.8. The van der Waals surface area contributed by atoms with Gasteiger partial charge in [0.1, 0.15) is 53.9 Å². The van der Waals surface area contributed by atoms with E-state index in [1.165, 1.54) is 0 Å². The predicted molar refractivity (Wildman–Crippen MR) is 272 cm³/mol. The Bertz CT molecular complexity index is 2620.